The molecule has 0 fully saturated rings. The molecule has 4 nitrogen and oxygen atoms in total. The van der Waals surface area contributed by atoms with Gasteiger partial charge in [-0.1, -0.05) is 16.5 Å². The van der Waals surface area contributed by atoms with Gasteiger partial charge in [-0.05, 0) is 29.5 Å². The van der Waals surface area contributed by atoms with Crippen molar-refractivity contribution in [3.63, 3.8) is 0 Å². The van der Waals surface area contributed by atoms with E-state index in [0.717, 1.165) is 13.7 Å². The summed E-state index contributed by atoms with van der Waals surface area (Å²) >= 11 is 3.60. The van der Waals surface area contributed by atoms with E-state index in [-0.39, 0.29) is 0 Å². The topological polar surface area (TPSA) is 51.8 Å². The molecule has 0 unspecified atom stereocenters. The van der Waals surface area contributed by atoms with E-state index in [2.05, 4.69) is 37.9 Å². The van der Waals surface area contributed by atoms with Crippen LogP contribution in [-0.2, 0) is 0 Å². The molecular formula is C6H4IN3OS. The molecule has 0 N–H and O–H groups in total. The van der Waals surface area contributed by atoms with Crippen molar-refractivity contribution in [2.45, 2.75) is 6.92 Å². The van der Waals surface area contributed by atoms with Gasteiger partial charge in [-0.2, -0.15) is 0 Å². The van der Waals surface area contributed by atoms with Crippen LogP contribution < -0.4 is 0 Å². The van der Waals surface area contributed by atoms with Gasteiger partial charge in [-0.15, -0.1) is 10.2 Å². The van der Waals surface area contributed by atoms with Crippen molar-refractivity contribution in [2.24, 2.45) is 0 Å². The molecule has 62 valence electrons. The third kappa shape index (κ3) is 1.48. The summed E-state index contributed by atoms with van der Waals surface area (Å²) in [6.07, 6.45) is 0. The lowest BCUT2D eigenvalue weighted by atomic mass is 10.4. The lowest BCUT2D eigenvalue weighted by Gasteiger charge is -1.79. The van der Waals surface area contributed by atoms with E-state index in [0.29, 0.717) is 5.76 Å². The fourth-order valence-electron chi connectivity index (χ4n) is 0.769. The molecule has 0 aliphatic carbocycles. The largest absolute Gasteiger partial charge is 0.353 e. The number of nitrogens with zero attached hydrogens (tertiary/aromatic N) is 3. The lowest BCUT2D eigenvalue weighted by Crippen LogP contribution is -1.71. The standard InChI is InChI=1S/C6H4IN3OS/c1-3-2-4(11-10-3)5-8-9-6(7)12-5/h2H,1H3. The Balaban J connectivity index is 2.43. The molecule has 0 atom stereocenters. The van der Waals surface area contributed by atoms with Gasteiger partial charge in [0.15, 0.2) is 13.8 Å². The van der Waals surface area contributed by atoms with E-state index in [1.165, 1.54) is 11.3 Å². The summed E-state index contributed by atoms with van der Waals surface area (Å²) in [5, 5.41) is 12.3. The molecule has 6 heteroatoms. The van der Waals surface area contributed by atoms with Gasteiger partial charge in [0, 0.05) is 6.07 Å². The van der Waals surface area contributed by atoms with Crippen LogP contribution in [0.15, 0.2) is 10.6 Å². The van der Waals surface area contributed by atoms with E-state index >= 15 is 0 Å². The first-order valence-electron chi connectivity index (χ1n) is 3.18. The number of halogens is 1. The molecule has 0 saturated carbocycles. The summed E-state index contributed by atoms with van der Waals surface area (Å²) in [4.78, 5) is 0. The minimum atomic E-state index is 0.688. The zero-order valence-electron chi connectivity index (χ0n) is 6.11. The minimum Gasteiger partial charge on any atom is -0.353 e. The van der Waals surface area contributed by atoms with Gasteiger partial charge < -0.3 is 4.52 Å². The highest BCUT2D eigenvalue weighted by Gasteiger charge is 2.09. The smallest absolute Gasteiger partial charge is 0.197 e. The molecule has 2 aromatic heterocycles. The molecular weight excluding hydrogens is 289 g/mol. The summed E-state index contributed by atoms with van der Waals surface area (Å²) in [6.45, 7) is 1.87. The number of hydrogen-bond acceptors (Lipinski definition) is 5. The van der Waals surface area contributed by atoms with E-state index < -0.39 is 0 Å². The molecule has 2 aromatic rings. The number of rotatable bonds is 1. The monoisotopic (exact) mass is 293 g/mol. The van der Waals surface area contributed by atoms with Crippen molar-refractivity contribution in [2.75, 3.05) is 0 Å². The van der Waals surface area contributed by atoms with E-state index in [4.69, 9.17) is 4.52 Å². The van der Waals surface area contributed by atoms with Crippen LogP contribution in [0, 0.1) is 9.94 Å². The number of aromatic nitrogens is 3. The van der Waals surface area contributed by atoms with Gasteiger partial charge in [0.2, 0.25) is 0 Å². The first-order valence-corrected chi connectivity index (χ1v) is 5.08. The molecule has 0 spiro atoms. The summed E-state index contributed by atoms with van der Waals surface area (Å²) in [5.74, 6) is 0.688. The van der Waals surface area contributed by atoms with Crippen LogP contribution in [0.1, 0.15) is 5.69 Å². The SMILES string of the molecule is Cc1cc(-c2nnc(I)s2)on1. The van der Waals surface area contributed by atoms with Gasteiger partial charge in [-0.3, -0.25) is 0 Å². The maximum Gasteiger partial charge on any atom is 0.197 e. The molecule has 2 rings (SSSR count). The van der Waals surface area contributed by atoms with Crippen molar-refractivity contribution in [1.82, 2.24) is 15.4 Å². The van der Waals surface area contributed by atoms with Crippen molar-refractivity contribution in [3.8, 4) is 10.8 Å². The van der Waals surface area contributed by atoms with Gasteiger partial charge in [0.05, 0.1) is 5.69 Å². The maximum absolute atomic E-state index is 5.02. The fraction of sp³-hybridized carbons (Fsp3) is 0.167. The molecule has 0 aliphatic heterocycles. The average molecular weight is 293 g/mol. The first-order chi connectivity index (χ1) is 5.75. The van der Waals surface area contributed by atoms with Crippen LogP contribution in [0.5, 0.6) is 0 Å². The van der Waals surface area contributed by atoms with Crippen molar-refractivity contribution in [1.29, 1.82) is 0 Å². The Morgan fingerprint density at radius 1 is 1.50 bits per heavy atom. The summed E-state index contributed by atoms with van der Waals surface area (Å²) in [5.41, 5.74) is 0.857. The van der Waals surface area contributed by atoms with Crippen LogP contribution in [-0.4, -0.2) is 15.4 Å². The third-order valence-corrected chi connectivity index (χ3v) is 2.84. The molecule has 0 amide bonds. The second-order valence-electron chi connectivity index (χ2n) is 2.19. The second kappa shape index (κ2) is 3.09. The molecule has 0 aliphatic rings. The molecule has 0 saturated heterocycles. The van der Waals surface area contributed by atoms with Crippen LogP contribution >= 0.6 is 33.9 Å². The molecule has 2 heterocycles. The van der Waals surface area contributed by atoms with Gasteiger partial charge in [0.1, 0.15) is 0 Å². The first kappa shape index (κ1) is 8.11. The maximum atomic E-state index is 5.02. The molecule has 0 bridgehead atoms. The predicted molar refractivity (Wildman–Crippen MR) is 52.9 cm³/mol. The minimum absolute atomic E-state index is 0.688. The second-order valence-corrected chi connectivity index (χ2v) is 4.92. The average Bonchev–Trinajstić information content (AvgIpc) is 2.58. The van der Waals surface area contributed by atoms with E-state index in [1.807, 2.05) is 13.0 Å². The predicted octanol–water partition coefficient (Wildman–Crippen LogP) is 2.11. The Labute approximate surface area is 86.1 Å². The zero-order valence-corrected chi connectivity index (χ0v) is 9.09. The Bertz CT molecular complexity index is 359. The lowest BCUT2D eigenvalue weighted by molar-refractivity contribution is 0.426. The summed E-state index contributed by atoms with van der Waals surface area (Å²) in [6, 6.07) is 1.84. The Kier molecular flexibility index (Phi) is 2.09. The summed E-state index contributed by atoms with van der Waals surface area (Å²) < 4.78 is 5.92. The third-order valence-electron chi connectivity index (χ3n) is 1.24. The molecule has 0 aromatic carbocycles. The Hall–Kier alpha value is -0.500. The van der Waals surface area contributed by atoms with Crippen molar-refractivity contribution < 1.29 is 4.52 Å². The Morgan fingerprint density at radius 2 is 2.33 bits per heavy atom. The van der Waals surface area contributed by atoms with E-state index in [1.54, 1.807) is 0 Å². The van der Waals surface area contributed by atoms with E-state index in [9.17, 15) is 0 Å². The fourth-order valence-corrected chi connectivity index (χ4v) is 2.02. The number of aryl methyl sites for hydroxylation is 1. The van der Waals surface area contributed by atoms with Crippen LogP contribution in [0.3, 0.4) is 0 Å². The highest BCUT2D eigenvalue weighted by atomic mass is 127. The number of hydrogen-bond donors (Lipinski definition) is 0. The highest BCUT2D eigenvalue weighted by molar-refractivity contribution is 14.1. The van der Waals surface area contributed by atoms with Gasteiger partial charge >= 0.3 is 0 Å². The normalized spacial score (nSPS) is 10.5. The molecule has 0 radical (unpaired) electrons. The van der Waals surface area contributed by atoms with Gasteiger partial charge in [0.25, 0.3) is 0 Å². The van der Waals surface area contributed by atoms with Gasteiger partial charge in [-0.25, -0.2) is 0 Å². The summed E-state index contributed by atoms with van der Waals surface area (Å²) in [7, 11) is 0. The quantitative estimate of drug-likeness (QED) is 0.756. The highest BCUT2D eigenvalue weighted by Crippen LogP contribution is 2.24. The van der Waals surface area contributed by atoms with Crippen molar-refractivity contribution in [3.05, 3.63) is 14.8 Å². The zero-order chi connectivity index (χ0) is 8.55. The van der Waals surface area contributed by atoms with Crippen LogP contribution in [0.2, 0.25) is 0 Å². The van der Waals surface area contributed by atoms with Crippen LogP contribution in [0.4, 0.5) is 0 Å². The van der Waals surface area contributed by atoms with Crippen molar-refractivity contribution >= 4 is 33.9 Å². The van der Waals surface area contributed by atoms with Crippen LogP contribution in [0.25, 0.3) is 10.8 Å². The molecule has 12 heavy (non-hydrogen) atoms. The Morgan fingerprint density at radius 3 is 2.83 bits per heavy atom.